The van der Waals surface area contributed by atoms with Crippen LogP contribution in [0.25, 0.3) is 0 Å². The lowest BCUT2D eigenvalue weighted by molar-refractivity contribution is -0.172. The van der Waals surface area contributed by atoms with Gasteiger partial charge in [-0.15, -0.1) is 0 Å². The fourth-order valence-electron chi connectivity index (χ4n) is 5.98. The quantitative estimate of drug-likeness (QED) is 0.227. The lowest BCUT2D eigenvalue weighted by Crippen LogP contribution is -2.67. The number of likely N-dealkylation sites (tertiary alicyclic amines) is 1. The Morgan fingerprint density at radius 1 is 1.17 bits per heavy atom. The van der Waals surface area contributed by atoms with Crippen molar-refractivity contribution in [3.05, 3.63) is 18.2 Å². The number of carbonyl (C=O) groups is 3. The molecular weight excluding hydrogens is 448 g/mol. The highest BCUT2D eigenvalue weighted by atomic mass is 16.4. The van der Waals surface area contributed by atoms with Gasteiger partial charge in [-0.1, -0.05) is 25.7 Å². The van der Waals surface area contributed by atoms with Gasteiger partial charge in [0.2, 0.25) is 0 Å². The van der Waals surface area contributed by atoms with E-state index in [2.05, 4.69) is 28.7 Å². The Morgan fingerprint density at radius 3 is 2.37 bits per heavy atom. The van der Waals surface area contributed by atoms with Crippen LogP contribution in [0.15, 0.2) is 12.5 Å². The third-order valence-electron chi connectivity index (χ3n) is 8.38. The first-order chi connectivity index (χ1) is 16.3. The average molecular weight is 493 g/mol. The third-order valence-corrected chi connectivity index (χ3v) is 8.38. The predicted octanol–water partition coefficient (Wildman–Crippen LogP) is 3.63. The van der Waals surface area contributed by atoms with Gasteiger partial charge in [0.15, 0.2) is 5.78 Å². The molecule has 35 heavy (non-hydrogen) atoms. The number of unbranched alkanes of at least 4 members (excludes halogenated alkanes) is 4. The van der Waals surface area contributed by atoms with Gasteiger partial charge in [0.1, 0.15) is 5.41 Å². The fourth-order valence-corrected chi connectivity index (χ4v) is 5.98. The summed E-state index contributed by atoms with van der Waals surface area (Å²) >= 11 is 0. The lowest BCUT2D eigenvalue weighted by atomic mass is 9.56. The van der Waals surface area contributed by atoms with Crippen LogP contribution in [0.1, 0.15) is 91.2 Å². The fraction of sp³-hybridized carbons (Fsp3) is 0.769. The monoisotopic (exact) mass is 492 g/mol. The van der Waals surface area contributed by atoms with Crippen LogP contribution in [0.2, 0.25) is 0 Å². The standard InChI is InChI=1S/C26H44N4O5/c1-24(2)14-12-20(25(3,4)30(24)5)26(23(34)35,13-10-8-6-7-9-11-21(31)32)22(33)19(27)15-18-16-28-17-29-18/h16-17,19-20H,6-15,27H2,1-5H3,(H,28,29)(H,31,32)(H,34,35)/t19-,20?,26?/m0/s1. The van der Waals surface area contributed by atoms with E-state index in [9.17, 15) is 19.5 Å². The molecule has 0 saturated carbocycles. The Hall–Kier alpha value is -2.26. The van der Waals surface area contributed by atoms with Crippen molar-refractivity contribution in [1.29, 1.82) is 0 Å². The molecule has 2 rings (SSSR count). The molecule has 1 aliphatic heterocycles. The number of carboxylic acids is 2. The van der Waals surface area contributed by atoms with E-state index in [-0.39, 0.29) is 24.8 Å². The van der Waals surface area contributed by atoms with Crippen molar-refractivity contribution in [3.63, 3.8) is 0 Å². The van der Waals surface area contributed by atoms with E-state index in [1.165, 1.54) is 6.33 Å². The second-order valence-electron chi connectivity index (χ2n) is 11.3. The zero-order chi connectivity index (χ0) is 26.4. The zero-order valence-corrected chi connectivity index (χ0v) is 22.0. The Bertz CT molecular complexity index is 867. The highest BCUT2D eigenvalue weighted by Crippen LogP contribution is 2.51. The first-order valence-corrected chi connectivity index (χ1v) is 12.7. The number of rotatable bonds is 14. The van der Waals surface area contributed by atoms with E-state index in [1.807, 2.05) is 20.9 Å². The number of aliphatic carboxylic acids is 2. The topological polar surface area (TPSA) is 150 Å². The highest BCUT2D eigenvalue weighted by Gasteiger charge is 2.60. The second kappa shape index (κ2) is 11.6. The van der Waals surface area contributed by atoms with Gasteiger partial charge in [0.05, 0.1) is 12.4 Å². The summed E-state index contributed by atoms with van der Waals surface area (Å²) in [7, 11) is 2.01. The Balaban J connectivity index is 2.32. The summed E-state index contributed by atoms with van der Waals surface area (Å²) in [5.74, 6) is -2.73. The maximum Gasteiger partial charge on any atom is 0.317 e. The van der Waals surface area contributed by atoms with Crippen LogP contribution >= 0.6 is 0 Å². The van der Waals surface area contributed by atoms with E-state index in [0.717, 1.165) is 25.7 Å². The molecule has 0 aliphatic carbocycles. The summed E-state index contributed by atoms with van der Waals surface area (Å²) in [5, 5.41) is 19.5. The Morgan fingerprint density at radius 2 is 1.80 bits per heavy atom. The van der Waals surface area contributed by atoms with E-state index >= 15 is 0 Å². The molecular formula is C26H44N4O5. The van der Waals surface area contributed by atoms with Crippen LogP contribution in [-0.4, -0.2) is 67.0 Å². The maximum atomic E-state index is 14.0. The number of hydrogen-bond acceptors (Lipinski definition) is 6. The van der Waals surface area contributed by atoms with Crippen LogP contribution in [0.5, 0.6) is 0 Å². The van der Waals surface area contributed by atoms with Gasteiger partial charge >= 0.3 is 11.9 Å². The SMILES string of the molecule is CN1C(C)(C)CCC(C(CCCCCCCC(=O)O)(C(=O)O)C(=O)[C@@H](N)Cc2cnc[nH]2)C1(C)C. The van der Waals surface area contributed by atoms with Crippen LogP contribution in [-0.2, 0) is 20.8 Å². The molecule has 1 aliphatic rings. The molecule has 2 heterocycles. The molecule has 1 aromatic rings. The van der Waals surface area contributed by atoms with Gasteiger partial charge in [0, 0.05) is 41.7 Å². The number of nitrogens with zero attached hydrogens (tertiary/aromatic N) is 2. The molecule has 5 N–H and O–H groups in total. The predicted molar refractivity (Wildman–Crippen MR) is 134 cm³/mol. The van der Waals surface area contributed by atoms with Gasteiger partial charge in [-0.2, -0.15) is 0 Å². The van der Waals surface area contributed by atoms with Crippen molar-refractivity contribution in [2.45, 2.75) is 109 Å². The third kappa shape index (κ3) is 6.50. The number of hydrogen-bond donors (Lipinski definition) is 4. The molecule has 1 fully saturated rings. The number of piperidine rings is 1. The average Bonchev–Trinajstić information content (AvgIpc) is 3.27. The number of ketones is 1. The summed E-state index contributed by atoms with van der Waals surface area (Å²) in [6.07, 6.45) is 8.58. The summed E-state index contributed by atoms with van der Waals surface area (Å²) < 4.78 is 0. The molecule has 9 heteroatoms. The van der Waals surface area contributed by atoms with Crippen LogP contribution in [0.3, 0.4) is 0 Å². The summed E-state index contributed by atoms with van der Waals surface area (Å²) in [5.41, 5.74) is 4.83. The first kappa shape index (κ1) is 29.0. The normalized spacial score (nSPS) is 22.3. The maximum absolute atomic E-state index is 14.0. The number of aromatic amines is 1. The van der Waals surface area contributed by atoms with E-state index in [1.54, 1.807) is 6.20 Å². The van der Waals surface area contributed by atoms with E-state index in [0.29, 0.717) is 25.0 Å². The molecule has 1 aromatic heterocycles. The van der Waals surface area contributed by atoms with E-state index in [4.69, 9.17) is 10.8 Å². The number of Topliss-reactive ketones (excluding diaryl/α,β-unsaturated/α-hetero) is 1. The van der Waals surface area contributed by atoms with Crippen LogP contribution in [0, 0.1) is 11.3 Å². The van der Waals surface area contributed by atoms with Gasteiger partial charge in [-0.3, -0.25) is 19.3 Å². The number of nitrogens with one attached hydrogen (secondary N) is 1. The minimum Gasteiger partial charge on any atom is -0.481 e. The van der Waals surface area contributed by atoms with Gasteiger partial charge in [0.25, 0.3) is 0 Å². The number of H-pyrrole nitrogens is 1. The number of nitrogens with two attached hydrogens (primary N) is 1. The van der Waals surface area contributed by atoms with Crippen molar-refractivity contribution >= 4 is 17.7 Å². The summed E-state index contributed by atoms with van der Waals surface area (Å²) in [4.78, 5) is 47.0. The molecule has 3 atom stereocenters. The smallest absolute Gasteiger partial charge is 0.317 e. The van der Waals surface area contributed by atoms with Crippen molar-refractivity contribution in [2.24, 2.45) is 17.1 Å². The molecule has 0 amide bonds. The number of aromatic nitrogens is 2. The van der Waals surface area contributed by atoms with Crippen molar-refractivity contribution < 1.29 is 24.6 Å². The van der Waals surface area contributed by atoms with Gasteiger partial charge < -0.3 is 20.9 Å². The lowest BCUT2D eigenvalue weighted by Gasteiger charge is -2.59. The largest absolute Gasteiger partial charge is 0.481 e. The van der Waals surface area contributed by atoms with Crippen molar-refractivity contribution in [3.8, 4) is 0 Å². The van der Waals surface area contributed by atoms with Crippen molar-refractivity contribution in [1.82, 2.24) is 14.9 Å². The highest BCUT2D eigenvalue weighted by molar-refractivity contribution is 6.06. The molecule has 0 spiro atoms. The van der Waals surface area contributed by atoms with Crippen LogP contribution in [0.4, 0.5) is 0 Å². The molecule has 2 unspecified atom stereocenters. The van der Waals surface area contributed by atoms with Gasteiger partial charge in [-0.25, -0.2) is 4.98 Å². The van der Waals surface area contributed by atoms with Crippen molar-refractivity contribution in [2.75, 3.05) is 7.05 Å². The molecule has 9 nitrogen and oxygen atoms in total. The van der Waals surface area contributed by atoms with Gasteiger partial charge in [-0.05, 0) is 60.4 Å². The first-order valence-electron chi connectivity index (χ1n) is 12.7. The number of imidazole rings is 1. The van der Waals surface area contributed by atoms with Crippen LogP contribution < -0.4 is 5.73 Å². The molecule has 0 radical (unpaired) electrons. The second-order valence-corrected chi connectivity index (χ2v) is 11.3. The summed E-state index contributed by atoms with van der Waals surface area (Å²) in [6, 6.07) is -0.960. The minimum absolute atomic E-state index is 0.116. The Kier molecular flexibility index (Phi) is 9.64. The molecule has 0 aromatic carbocycles. The van der Waals surface area contributed by atoms with E-state index < -0.39 is 40.6 Å². The zero-order valence-electron chi connectivity index (χ0n) is 22.0. The number of carbonyl (C=O) groups excluding carboxylic acids is 1. The minimum atomic E-state index is -1.60. The molecule has 198 valence electrons. The number of carboxylic acid groups (broad SMARTS) is 2. The molecule has 0 bridgehead atoms. The Labute approximate surface area is 208 Å². The summed E-state index contributed by atoms with van der Waals surface area (Å²) in [6.45, 7) is 8.37. The molecule has 1 saturated heterocycles.